The Hall–Kier alpha value is -3.77. The molecule has 2 amide bonds. The number of halogens is 1. The largest absolute Gasteiger partial charge is 0.444 e. The highest BCUT2D eigenvalue weighted by atomic mass is 35.5. The van der Waals surface area contributed by atoms with Crippen molar-refractivity contribution in [2.75, 3.05) is 25.0 Å². The van der Waals surface area contributed by atoms with Crippen LogP contribution in [0.15, 0.2) is 18.3 Å². The number of hydrogen-bond acceptors (Lipinski definition) is 10. The maximum absolute atomic E-state index is 12.7. The molecule has 2 aliphatic heterocycles. The molecular formula is C27H28ClN7O4S. The van der Waals surface area contributed by atoms with Crippen LogP contribution in [0.4, 0.5) is 10.5 Å². The number of thiophene rings is 1. The van der Waals surface area contributed by atoms with E-state index in [9.17, 15) is 9.59 Å². The highest BCUT2D eigenvalue weighted by Gasteiger charge is 2.28. The second-order valence-corrected chi connectivity index (χ2v) is 12.3. The second-order valence-electron chi connectivity index (χ2n) is 10.9. The van der Waals surface area contributed by atoms with Crippen molar-refractivity contribution in [3.8, 4) is 11.8 Å². The van der Waals surface area contributed by atoms with E-state index in [1.165, 1.54) is 17.5 Å². The van der Waals surface area contributed by atoms with Gasteiger partial charge < -0.3 is 25.0 Å². The van der Waals surface area contributed by atoms with Gasteiger partial charge >= 0.3 is 6.09 Å². The zero-order chi connectivity index (χ0) is 28.2. The van der Waals surface area contributed by atoms with Crippen LogP contribution in [-0.4, -0.2) is 68.1 Å². The number of rotatable bonds is 2. The molecule has 3 aromatic heterocycles. The highest BCUT2D eigenvalue weighted by molar-refractivity contribution is 7.21. The SMILES string of the molecule is C[C@@H]1CNc2c(sc3ccc4nc(Oc5nc(Cl)nc6c5CCN(C(=O)OC(C)(C)C)CC6)cnc4c23)C(=O)N1. The minimum absolute atomic E-state index is 0.00856. The number of benzene rings is 1. The molecule has 0 radical (unpaired) electrons. The number of anilines is 1. The lowest BCUT2D eigenvalue weighted by Crippen LogP contribution is -2.38. The van der Waals surface area contributed by atoms with Crippen LogP contribution in [0.1, 0.15) is 48.6 Å². The number of hydrogen-bond donors (Lipinski definition) is 2. The maximum Gasteiger partial charge on any atom is 0.410 e. The molecule has 5 heterocycles. The molecule has 11 nitrogen and oxygen atoms in total. The molecule has 0 spiro atoms. The van der Waals surface area contributed by atoms with E-state index in [0.717, 1.165) is 27.0 Å². The Labute approximate surface area is 239 Å². The molecule has 0 fully saturated rings. The Kier molecular flexibility index (Phi) is 6.62. The van der Waals surface area contributed by atoms with Crippen LogP contribution in [0, 0.1) is 0 Å². The fraction of sp³-hybridized carbons (Fsp3) is 0.407. The number of carbonyl (C=O) groups excluding carboxylic acids is 2. The molecule has 2 aliphatic rings. The molecule has 0 unspecified atom stereocenters. The average molecular weight is 582 g/mol. The van der Waals surface area contributed by atoms with Crippen LogP contribution in [0.2, 0.25) is 5.28 Å². The van der Waals surface area contributed by atoms with Crippen LogP contribution in [-0.2, 0) is 17.6 Å². The Balaban J connectivity index is 1.31. The molecule has 0 saturated heterocycles. The molecule has 2 N–H and O–H groups in total. The molecule has 4 aromatic rings. The lowest BCUT2D eigenvalue weighted by Gasteiger charge is -2.26. The third-order valence-corrected chi connectivity index (χ3v) is 7.96. The van der Waals surface area contributed by atoms with Gasteiger partial charge in [-0.25, -0.2) is 19.7 Å². The normalized spacial score (nSPS) is 17.4. The Morgan fingerprint density at radius 3 is 2.77 bits per heavy atom. The van der Waals surface area contributed by atoms with Crippen molar-refractivity contribution in [3.63, 3.8) is 0 Å². The van der Waals surface area contributed by atoms with Gasteiger partial charge in [0.25, 0.3) is 5.91 Å². The summed E-state index contributed by atoms with van der Waals surface area (Å²) in [5.41, 5.74) is 2.96. The van der Waals surface area contributed by atoms with Crippen molar-refractivity contribution in [3.05, 3.63) is 39.7 Å². The van der Waals surface area contributed by atoms with Gasteiger partial charge in [0, 0.05) is 47.7 Å². The summed E-state index contributed by atoms with van der Waals surface area (Å²) >= 11 is 7.68. The van der Waals surface area contributed by atoms with E-state index in [2.05, 4.69) is 25.6 Å². The molecule has 1 aromatic carbocycles. The van der Waals surface area contributed by atoms with Crippen LogP contribution in [0.3, 0.4) is 0 Å². The summed E-state index contributed by atoms with van der Waals surface area (Å²) in [5, 5.41) is 7.32. The van der Waals surface area contributed by atoms with Crippen molar-refractivity contribution < 1.29 is 19.1 Å². The fourth-order valence-electron chi connectivity index (χ4n) is 4.85. The molecule has 40 heavy (non-hydrogen) atoms. The molecule has 208 valence electrons. The number of fused-ring (bicyclic) bond motifs is 6. The summed E-state index contributed by atoms with van der Waals surface area (Å²) in [6.45, 7) is 8.95. The zero-order valence-corrected chi connectivity index (χ0v) is 24.1. The summed E-state index contributed by atoms with van der Waals surface area (Å²) in [5.74, 6) is 0.437. The van der Waals surface area contributed by atoms with E-state index >= 15 is 0 Å². The topological polar surface area (TPSA) is 131 Å². The van der Waals surface area contributed by atoms with Crippen LogP contribution < -0.4 is 15.4 Å². The van der Waals surface area contributed by atoms with Gasteiger partial charge in [0.1, 0.15) is 10.5 Å². The predicted molar refractivity (Wildman–Crippen MR) is 153 cm³/mol. The maximum atomic E-state index is 12.7. The van der Waals surface area contributed by atoms with Crippen molar-refractivity contribution >= 4 is 61.7 Å². The van der Waals surface area contributed by atoms with E-state index in [1.807, 2.05) is 39.8 Å². The molecule has 0 bridgehead atoms. The Morgan fingerprint density at radius 1 is 1.18 bits per heavy atom. The zero-order valence-electron chi connectivity index (χ0n) is 22.5. The first-order valence-corrected chi connectivity index (χ1v) is 14.2. The van der Waals surface area contributed by atoms with Crippen molar-refractivity contribution in [1.82, 2.24) is 30.2 Å². The van der Waals surface area contributed by atoms with Crippen molar-refractivity contribution in [1.29, 1.82) is 0 Å². The number of carbonyl (C=O) groups is 2. The molecule has 0 aliphatic carbocycles. The summed E-state index contributed by atoms with van der Waals surface area (Å²) in [7, 11) is 0. The molecule has 1 atom stereocenters. The predicted octanol–water partition coefficient (Wildman–Crippen LogP) is 4.96. The lowest BCUT2D eigenvalue weighted by atomic mass is 10.1. The minimum atomic E-state index is -0.587. The highest BCUT2D eigenvalue weighted by Crippen LogP contribution is 2.40. The fourth-order valence-corrected chi connectivity index (χ4v) is 6.12. The first kappa shape index (κ1) is 26.5. The van der Waals surface area contributed by atoms with Gasteiger partial charge in [-0.3, -0.25) is 4.79 Å². The third kappa shape index (κ3) is 5.08. The molecule has 0 saturated carbocycles. The standard InChI is InChI=1S/C27H28ClN7O4S/c1-13-11-29-21-19-17(40-22(21)23(36)31-13)6-5-16-20(19)30-12-18(32-16)38-24-14-7-9-35(26(37)39-27(2,3)4)10-8-15(14)33-25(28)34-24/h5-6,12-13,29H,7-11H2,1-4H3,(H,31,36)/t13-/m1/s1. The van der Waals surface area contributed by atoms with E-state index in [-0.39, 0.29) is 35.1 Å². The molecular weight excluding hydrogens is 554 g/mol. The van der Waals surface area contributed by atoms with E-state index in [4.69, 9.17) is 26.1 Å². The van der Waals surface area contributed by atoms with Gasteiger partial charge in [-0.2, -0.15) is 4.98 Å². The molecule has 13 heteroatoms. The second kappa shape index (κ2) is 10.0. The first-order chi connectivity index (χ1) is 19.1. The Morgan fingerprint density at radius 2 is 1.98 bits per heavy atom. The molecule has 6 rings (SSSR count). The van der Waals surface area contributed by atoms with Crippen LogP contribution in [0.5, 0.6) is 11.8 Å². The smallest absolute Gasteiger partial charge is 0.410 e. The first-order valence-electron chi connectivity index (χ1n) is 13.0. The summed E-state index contributed by atoms with van der Waals surface area (Å²) in [4.78, 5) is 45.8. The van der Waals surface area contributed by atoms with Gasteiger partial charge in [0.05, 0.1) is 28.6 Å². The van der Waals surface area contributed by atoms with E-state index < -0.39 is 5.60 Å². The van der Waals surface area contributed by atoms with Gasteiger partial charge in [-0.15, -0.1) is 11.3 Å². The summed E-state index contributed by atoms with van der Waals surface area (Å²) in [6.07, 6.45) is 2.12. The van der Waals surface area contributed by atoms with Gasteiger partial charge in [-0.1, -0.05) is 0 Å². The minimum Gasteiger partial charge on any atom is -0.444 e. The number of aromatic nitrogens is 4. The number of ether oxygens (including phenoxy) is 2. The Bertz CT molecular complexity index is 1670. The number of nitrogens with one attached hydrogen (secondary N) is 2. The monoisotopic (exact) mass is 581 g/mol. The lowest BCUT2D eigenvalue weighted by molar-refractivity contribution is 0.0258. The van der Waals surface area contributed by atoms with Crippen LogP contribution >= 0.6 is 22.9 Å². The average Bonchev–Trinajstić information content (AvgIpc) is 3.03. The number of nitrogens with zero attached hydrogens (tertiary/aromatic N) is 5. The summed E-state index contributed by atoms with van der Waals surface area (Å²) in [6, 6.07) is 3.81. The number of amides is 2. The quantitative estimate of drug-likeness (QED) is 0.315. The third-order valence-electron chi connectivity index (χ3n) is 6.64. The van der Waals surface area contributed by atoms with Gasteiger partial charge in [-0.05, 0) is 57.8 Å². The van der Waals surface area contributed by atoms with Crippen molar-refractivity contribution in [2.45, 2.75) is 52.2 Å². The van der Waals surface area contributed by atoms with Crippen molar-refractivity contribution in [2.24, 2.45) is 0 Å². The van der Waals surface area contributed by atoms with Crippen LogP contribution in [0.25, 0.3) is 21.1 Å². The van der Waals surface area contributed by atoms with E-state index in [1.54, 1.807) is 4.90 Å². The van der Waals surface area contributed by atoms with E-state index in [0.29, 0.717) is 48.4 Å². The summed E-state index contributed by atoms with van der Waals surface area (Å²) < 4.78 is 12.6. The van der Waals surface area contributed by atoms with Gasteiger partial charge in [0.15, 0.2) is 0 Å². The van der Waals surface area contributed by atoms with Gasteiger partial charge in [0.2, 0.25) is 17.0 Å².